The standard InChI is InChI=1S/C47H29N3/c1-3-18-35-30(12-1)14-10-24-42(35)46-48-45(49-47(50-46)43-25-11-15-31-13-2-4-19-36(31)43)34-17-9-16-32(28-34)33-26-27-41-39-22-6-5-20-37(39)38-21-7-8-23-40(38)44(41)29-33/h1-29H. The molecule has 0 aliphatic heterocycles. The highest BCUT2D eigenvalue weighted by Gasteiger charge is 2.17. The van der Waals surface area contributed by atoms with Gasteiger partial charge in [0.15, 0.2) is 17.5 Å². The lowest BCUT2D eigenvalue weighted by Gasteiger charge is -2.13. The molecule has 0 aliphatic rings. The van der Waals surface area contributed by atoms with Crippen molar-refractivity contribution < 1.29 is 0 Å². The average Bonchev–Trinajstić information content (AvgIpc) is 3.20. The highest BCUT2D eigenvalue weighted by molar-refractivity contribution is 6.25. The maximum atomic E-state index is 5.17. The van der Waals surface area contributed by atoms with Gasteiger partial charge >= 0.3 is 0 Å². The van der Waals surface area contributed by atoms with Gasteiger partial charge in [-0.2, -0.15) is 0 Å². The van der Waals surface area contributed by atoms with E-state index in [4.69, 9.17) is 15.0 Å². The minimum atomic E-state index is 0.643. The Balaban J connectivity index is 1.17. The Kier molecular flexibility index (Phi) is 6.49. The summed E-state index contributed by atoms with van der Waals surface area (Å²) >= 11 is 0. The van der Waals surface area contributed by atoms with E-state index in [0.717, 1.165) is 49.4 Å². The van der Waals surface area contributed by atoms with Crippen LogP contribution in [0.5, 0.6) is 0 Å². The summed E-state index contributed by atoms with van der Waals surface area (Å²) in [5.41, 5.74) is 5.17. The molecule has 0 saturated carbocycles. The number of aromatic nitrogens is 3. The summed E-state index contributed by atoms with van der Waals surface area (Å²) in [6, 6.07) is 62.3. The van der Waals surface area contributed by atoms with E-state index in [0.29, 0.717) is 17.5 Å². The Labute approximate surface area is 289 Å². The van der Waals surface area contributed by atoms with Crippen molar-refractivity contribution in [3.63, 3.8) is 0 Å². The molecule has 1 aromatic heterocycles. The number of fused-ring (bicyclic) bond motifs is 8. The Morgan fingerprint density at radius 1 is 0.240 bits per heavy atom. The number of benzene rings is 9. The van der Waals surface area contributed by atoms with E-state index in [2.05, 4.69) is 176 Å². The van der Waals surface area contributed by atoms with Crippen LogP contribution >= 0.6 is 0 Å². The van der Waals surface area contributed by atoms with Gasteiger partial charge in [0, 0.05) is 16.7 Å². The maximum absolute atomic E-state index is 5.17. The second-order valence-electron chi connectivity index (χ2n) is 12.8. The Hall–Kier alpha value is -6.71. The molecule has 0 unspecified atom stereocenters. The summed E-state index contributed by atoms with van der Waals surface area (Å²) in [6.45, 7) is 0. The van der Waals surface area contributed by atoms with Gasteiger partial charge < -0.3 is 0 Å². The second kappa shape index (κ2) is 11.5. The molecule has 10 rings (SSSR count). The van der Waals surface area contributed by atoms with Gasteiger partial charge in [-0.25, -0.2) is 15.0 Å². The predicted octanol–water partition coefficient (Wildman–Crippen LogP) is 12.3. The lowest BCUT2D eigenvalue weighted by molar-refractivity contribution is 1.08. The molecule has 0 spiro atoms. The van der Waals surface area contributed by atoms with Crippen molar-refractivity contribution in [2.75, 3.05) is 0 Å². The number of rotatable bonds is 4. The molecule has 0 bridgehead atoms. The fourth-order valence-corrected chi connectivity index (χ4v) is 7.51. The van der Waals surface area contributed by atoms with Gasteiger partial charge in [-0.3, -0.25) is 0 Å². The van der Waals surface area contributed by atoms with Gasteiger partial charge in [0.2, 0.25) is 0 Å². The summed E-state index contributed by atoms with van der Waals surface area (Å²) in [5, 5.41) is 12.1. The van der Waals surface area contributed by atoms with Crippen LogP contribution < -0.4 is 0 Å². The van der Waals surface area contributed by atoms with E-state index >= 15 is 0 Å². The molecular weight excluding hydrogens is 607 g/mol. The zero-order valence-electron chi connectivity index (χ0n) is 27.1. The quantitative estimate of drug-likeness (QED) is 0.181. The summed E-state index contributed by atoms with van der Waals surface area (Å²) < 4.78 is 0. The monoisotopic (exact) mass is 635 g/mol. The Bertz CT molecular complexity index is 2800. The third-order valence-corrected chi connectivity index (χ3v) is 9.89. The first kappa shape index (κ1) is 28.3. The number of nitrogens with zero attached hydrogens (tertiary/aromatic N) is 3. The van der Waals surface area contributed by atoms with Crippen molar-refractivity contribution in [3.05, 3.63) is 176 Å². The fraction of sp³-hybridized carbons (Fsp3) is 0. The highest BCUT2D eigenvalue weighted by atomic mass is 15.0. The van der Waals surface area contributed by atoms with Crippen LogP contribution in [0.4, 0.5) is 0 Å². The predicted molar refractivity (Wildman–Crippen MR) is 209 cm³/mol. The SMILES string of the molecule is c1cc(-c2ccc3c4ccccc4c4ccccc4c3c2)cc(-c2nc(-c3cccc4ccccc34)nc(-c3cccc4ccccc34)n2)c1. The van der Waals surface area contributed by atoms with Crippen LogP contribution in [0.15, 0.2) is 176 Å². The largest absolute Gasteiger partial charge is 0.208 e. The molecule has 232 valence electrons. The van der Waals surface area contributed by atoms with Crippen molar-refractivity contribution in [2.45, 2.75) is 0 Å². The van der Waals surface area contributed by atoms with Crippen molar-refractivity contribution in [1.29, 1.82) is 0 Å². The molecule has 0 amide bonds. The van der Waals surface area contributed by atoms with E-state index < -0.39 is 0 Å². The molecule has 3 heteroatoms. The third kappa shape index (κ3) is 4.63. The minimum Gasteiger partial charge on any atom is -0.208 e. The number of hydrogen-bond donors (Lipinski definition) is 0. The number of hydrogen-bond acceptors (Lipinski definition) is 3. The van der Waals surface area contributed by atoms with E-state index in [9.17, 15) is 0 Å². The van der Waals surface area contributed by atoms with Gasteiger partial charge in [0.25, 0.3) is 0 Å². The first-order valence-electron chi connectivity index (χ1n) is 16.9. The van der Waals surface area contributed by atoms with Crippen LogP contribution in [0.3, 0.4) is 0 Å². The van der Waals surface area contributed by atoms with Crippen LogP contribution in [0.2, 0.25) is 0 Å². The minimum absolute atomic E-state index is 0.643. The zero-order valence-corrected chi connectivity index (χ0v) is 27.1. The van der Waals surface area contributed by atoms with Crippen molar-refractivity contribution in [2.24, 2.45) is 0 Å². The molecule has 0 saturated heterocycles. The van der Waals surface area contributed by atoms with Crippen molar-refractivity contribution >= 4 is 53.9 Å². The molecule has 0 fully saturated rings. The summed E-state index contributed by atoms with van der Waals surface area (Å²) in [6.07, 6.45) is 0. The van der Waals surface area contributed by atoms with E-state index in [1.807, 2.05) is 0 Å². The Morgan fingerprint density at radius 3 is 1.22 bits per heavy atom. The molecular formula is C47H29N3. The van der Waals surface area contributed by atoms with Gasteiger partial charge in [0.1, 0.15) is 0 Å². The molecule has 0 radical (unpaired) electrons. The van der Waals surface area contributed by atoms with Crippen LogP contribution in [0, 0.1) is 0 Å². The van der Waals surface area contributed by atoms with Gasteiger partial charge in [-0.05, 0) is 77.1 Å². The summed E-state index contributed by atoms with van der Waals surface area (Å²) in [5.74, 6) is 1.96. The maximum Gasteiger partial charge on any atom is 0.164 e. The summed E-state index contributed by atoms with van der Waals surface area (Å²) in [4.78, 5) is 15.5. The van der Waals surface area contributed by atoms with Gasteiger partial charge in [0.05, 0.1) is 0 Å². The molecule has 10 aromatic rings. The van der Waals surface area contributed by atoms with E-state index in [-0.39, 0.29) is 0 Å². The molecule has 3 nitrogen and oxygen atoms in total. The first-order chi connectivity index (χ1) is 24.8. The van der Waals surface area contributed by atoms with E-state index in [1.165, 1.54) is 32.3 Å². The third-order valence-electron chi connectivity index (χ3n) is 9.89. The van der Waals surface area contributed by atoms with Gasteiger partial charge in [-0.15, -0.1) is 0 Å². The van der Waals surface area contributed by atoms with Crippen LogP contribution in [-0.4, -0.2) is 15.0 Å². The van der Waals surface area contributed by atoms with Crippen LogP contribution in [0.25, 0.3) is 99.2 Å². The zero-order chi connectivity index (χ0) is 33.0. The lowest BCUT2D eigenvalue weighted by Crippen LogP contribution is -2.01. The molecule has 0 N–H and O–H groups in total. The average molecular weight is 636 g/mol. The summed E-state index contributed by atoms with van der Waals surface area (Å²) in [7, 11) is 0. The normalized spacial score (nSPS) is 11.6. The smallest absolute Gasteiger partial charge is 0.164 e. The molecule has 1 heterocycles. The Morgan fingerprint density at radius 2 is 0.640 bits per heavy atom. The molecule has 9 aromatic carbocycles. The fourth-order valence-electron chi connectivity index (χ4n) is 7.51. The highest BCUT2D eigenvalue weighted by Crippen LogP contribution is 2.38. The van der Waals surface area contributed by atoms with Crippen LogP contribution in [-0.2, 0) is 0 Å². The molecule has 0 atom stereocenters. The second-order valence-corrected chi connectivity index (χ2v) is 12.8. The van der Waals surface area contributed by atoms with Crippen molar-refractivity contribution in [3.8, 4) is 45.3 Å². The van der Waals surface area contributed by atoms with Crippen LogP contribution in [0.1, 0.15) is 0 Å². The molecule has 0 aliphatic carbocycles. The topological polar surface area (TPSA) is 38.7 Å². The molecule has 50 heavy (non-hydrogen) atoms. The first-order valence-corrected chi connectivity index (χ1v) is 16.9. The van der Waals surface area contributed by atoms with E-state index in [1.54, 1.807) is 0 Å². The van der Waals surface area contributed by atoms with Gasteiger partial charge in [-0.1, -0.05) is 164 Å². The lowest BCUT2D eigenvalue weighted by atomic mass is 9.92. The van der Waals surface area contributed by atoms with Crippen molar-refractivity contribution in [1.82, 2.24) is 15.0 Å².